The topological polar surface area (TPSA) is 98.5 Å². The number of rotatable bonds is 13. The third-order valence-corrected chi connectivity index (χ3v) is 6.97. The van der Waals surface area contributed by atoms with E-state index in [1.165, 1.54) is 31.4 Å². The Hall–Kier alpha value is -3.67. The number of nitrogens with zero attached hydrogens (tertiary/aromatic N) is 4. The SMILES string of the molecule is CCc1nccn1CCOc1ccc(CN2CCN(C(=O)COC)C[C@@](O)(COc3ccc(F)cc3)C2)cc1OC. The van der Waals surface area contributed by atoms with Crippen LogP contribution in [0.15, 0.2) is 54.9 Å². The molecule has 1 aliphatic rings. The number of aromatic nitrogens is 2. The van der Waals surface area contributed by atoms with Gasteiger partial charge in [-0.15, -0.1) is 0 Å². The minimum Gasteiger partial charge on any atom is -0.493 e. The number of aryl methyl sites for hydroxylation is 1. The first-order valence-corrected chi connectivity index (χ1v) is 13.7. The molecule has 10 nitrogen and oxygen atoms in total. The van der Waals surface area contributed by atoms with Crippen LogP contribution in [0.1, 0.15) is 18.3 Å². The molecule has 1 saturated heterocycles. The van der Waals surface area contributed by atoms with Crippen LogP contribution in [-0.4, -0.2) is 96.2 Å². The van der Waals surface area contributed by atoms with Gasteiger partial charge in [0.15, 0.2) is 11.5 Å². The quantitative estimate of drug-likeness (QED) is 0.335. The van der Waals surface area contributed by atoms with E-state index in [1.54, 1.807) is 18.2 Å². The van der Waals surface area contributed by atoms with Crippen molar-refractivity contribution in [3.05, 3.63) is 72.1 Å². The summed E-state index contributed by atoms with van der Waals surface area (Å²) in [7, 11) is 3.07. The molecule has 0 unspecified atom stereocenters. The lowest BCUT2D eigenvalue weighted by atomic mass is 10.0. The molecule has 1 N–H and O–H groups in total. The van der Waals surface area contributed by atoms with Crippen LogP contribution in [0.5, 0.6) is 17.2 Å². The molecular formula is C30H39FN4O6. The maximum absolute atomic E-state index is 13.3. The summed E-state index contributed by atoms with van der Waals surface area (Å²) >= 11 is 0. The molecule has 0 saturated carbocycles. The maximum Gasteiger partial charge on any atom is 0.248 e. The molecule has 0 radical (unpaired) electrons. The van der Waals surface area contributed by atoms with Crippen LogP contribution in [0.4, 0.5) is 4.39 Å². The van der Waals surface area contributed by atoms with Crippen LogP contribution in [0.3, 0.4) is 0 Å². The molecule has 1 fully saturated rings. The summed E-state index contributed by atoms with van der Waals surface area (Å²) in [5, 5.41) is 11.6. The van der Waals surface area contributed by atoms with E-state index in [0.717, 1.165) is 17.8 Å². The maximum atomic E-state index is 13.3. The Labute approximate surface area is 240 Å². The van der Waals surface area contributed by atoms with Crippen LogP contribution in [-0.2, 0) is 29.0 Å². The first-order chi connectivity index (χ1) is 19.8. The third kappa shape index (κ3) is 8.42. The van der Waals surface area contributed by atoms with Gasteiger partial charge in [-0.05, 0) is 42.0 Å². The van der Waals surface area contributed by atoms with Crippen molar-refractivity contribution in [3.8, 4) is 17.2 Å². The number of methoxy groups -OCH3 is 2. The van der Waals surface area contributed by atoms with Crippen LogP contribution in [0.2, 0.25) is 0 Å². The Bertz CT molecular complexity index is 1270. The molecule has 1 amide bonds. The van der Waals surface area contributed by atoms with Crippen LogP contribution in [0, 0.1) is 5.82 Å². The highest BCUT2D eigenvalue weighted by Crippen LogP contribution is 2.29. The van der Waals surface area contributed by atoms with E-state index in [2.05, 4.69) is 21.4 Å². The predicted molar refractivity (Wildman–Crippen MR) is 151 cm³/mol. The lowest BCUT2D eigenvalue weighted by Crippen LogP contribution is -2.52. The molecule has 1 atom stereocenters. The first kappa shape index (κ1) is 30.3. The Morgan fingerprint density at radius 3 is 2.61 bits per heavy atom. The zero-order valence-electron chi connectivity index (χ0n) is 23.9. The smallest absolute Gasteiger partial charge is 0.248 e. The van der Waals surface area contributed by atoms with E-state index in [-0.39, 0.29) is 38.0 Å². The molecule has 2 heterocycles. The Balaban J connectivity index is 1.43. The number of hydrogen-bond donors (Lipinski definition) is 1. The number of ether oxygens (including phenoxy) is 4. The van der Waals surface area contributed by atoms with Crippen LogP contribution in [0.25, 0.3) is 0 Å². The Morgan fingerprint density at radius 2 is 1.88 bits per heavy atom. The van der Waals surface area contributed by atoms with Gasteiger partial charge in [-0.1, -0.05) is 13.0 Å². The summed E-state index contributed by atoms with van der Waals surface area (Å²) < 4.78 is 37.9. The zero-order valence-corrected chi connectivity index (χ0v) is 23.9. The Morgan fingerprint density at radius 1 is 1.07 bits per heavy atom. The van der Waals surface area contributed by atoms with Crippen LogP contribution < -0.4 is 14.2 Å². The highest BCUT2D eigenvalue weighted by Gasteiger charge is 2.37. The van der Waals surface area contributed by atoms with E-state index in [0.29, 0.717) is 50.0 Å². The van der Waals surface area contributed by atoms with Crippen molar-refractivity contribution < 1.29 is 33.2 Å². The van der Waals surface area contributed by atoms with Gasteiger partial charge in [0.2, 0.25) is 5.91 Å². The van der Waals surface area contributed by atoms with Crippen molar-refractivity contribution in [2.45, 2.75) is 32.0 Å². The summed E-state index contributed by atoms with van der Waals surface area (Å²) in [4.78, 5) is 20.7. The number of β-amino-alcohol motifs (C(OH)–C–C–N with tert-alkyl or cyclic N) is 1. The van der Waals surface area contributed by atoms with E-state index in [4.69, 9.17) is 18.9 Å². The molecule has 0 aliphatic carbocycles. The first-order valence-electron chi connectivity index (χ1n) is 13.7. The van der Waals surface area contributed by atoms with E-state index < -0.39 is 5.60 Å². The van der Waals surface area contributed by atoms with Crippen molar-refractivity contribution in [1.82, 2.24) is 19.4 Å². The van der Waals surface area contributed by atoms with Crippen molar-refractivity contribution >= 4 is 5.91 Å². The van der Waals surface area contributed by atoms with Crippen molar-refractivity contribution in [1.29, 1.82) is 0 Å². The fourth-order valence-electron chi connectivity index (χ4n) is 4.94. The second kappa shape index (κ2) is 14.3. The number of benzene rings is 2. The number of carbonyl (C=O) groups is 1. The van der Waals surface area contributed by atoms with Gasteiger partial charge in [0.1, 0.15) is 42.8 Å². The second-order valence-electron chi connectivity index (χ2n) is 10.1. The van der Waals surface area contributed by atoms with E-state index >= 15 is 0 Å². The summed E-state index contributed by atoms with van der Waals surface area (Å²) in [6.07, 6.45) is 4.59. The van der Waals surface area contributed by atoms with Crippen molar-refractivity contribution in [3.63, 3.8) is 0 Å². The van der Waals surface area contributed by atoms with Gasteiger partial charge in [0, 0.05) is 52.1 Å². The molecule has 3 aromatic rings. The number of imidazole rings is 1. The summed E-state index contributed by atoms with van der Waals surface area (Å²) in [6, 6.07) is 11.4. The molecule has 222 valence electrons. The number of hydrogen-bond acceptors (Lipinski definition) is 8. The fraction of sp³-hybridized carbons (Fsp3) is 0.467. The van der Waals surface area contributed by atoms with Gasteiger partial charge in [0.05, 0.1) is 20.2 Å². The number of amides is 1. The minimum atomic E-state index is -1.37. The number of aliphatic hydroxyl groups is 1. The second-order valence-corrected chi connectivity index (χ2v) is 10.1. The molecule has 0 spiro atoms. The Kier molecular flexibility index (Phi) is 10.6. The summed E-state index contributed by atoms with van der Waals surface area (Å²) in [5.41, 5.74) is -0.401. The van der Waals surface area contributed by atoms with Crippen LogP contribution >= 0.6 is 0 Å². The van der Waals surface area contributed by atoms with Gasteiger partial charge in [-0.25, -0.2) is 9.37 Å². The summed E-state index contributed by atoms with van der Waals surface area (Å²) in [5.74, 6) is 2.13. The average molecular weight is 571 g/mol. The predicted octanol–water partition coefficient (Wildman–Crippen LogP) is 2.77. The molecule has 1 aromatic heterocycles. The normalized spacial score (nSPS) is 17.7. The molecule has 11 heteroatoms. The molecule has 0 bridgehead atoms. The van der Waals surface area contributed by atoms with Crippen molar-refractivity contribution in [2.24, 2.45) is 0 Å². The third-order valence-electron chi connectivity index (χ3n) is 6.97. The molecule has 2 aromatic carbocycles. The minimum absolute atomic E-state index is 0.0708. The van der Waals surface area contributed by atoms with Gasteiger partial charge < -0.3 is 33.5 Å². The molecular weight excluding hydrogens is 531 g/mol. The molecule has 1 aliphatic heterocycles. The van der Waals surface area contributed by atoms with E-state index in [1.807, 2.05) is 24.4 Å². The van der Waals surface area contributed by atoms with Gasteiger partial charge >= 0.3 is 0 Å². The average Bonchev–Trinajstić information content (AvgIpc) is 3.35. The fourth-order valence-corrected chi connectivity index (χ4v) is 4.94. The lowest BCUT2D eigenvalue weighted by molar-refractivity contribution is -0.138. The molecule has 41 heavy (non-hydrogen) atoms. The monoisotopic (exact) mass is 570 g/mol. The summed E-state index contributed by atoms with van der Waals surface area (Å²) in [6.45, 7) is 4.89. The number of carbonyl (C=O) groups excluding carboxylic acids is 1. The van der Waals surface area contributed by atoms with Crippen molar-refractivity contribution in [2.75, 3.05) is 60.2 Å². The largest absolute Gasteiger partial charge is 0.493 e. The zero-order chi connectivity index (χ0) is 29.2. The highest BCUT2D eigenvalue weighted by atomic mass is 19.1. The van der Waals surface area contributed by atoms with Gasteiger partial charge in [-0.2, -0.15) is 0 Å². The van der Waals surface area contributed by atoms with Gasteiger partial charge in [-0.3, -0.25) is 9.69 Å². The van der Waals surface area contributed by atoms with E-state index in [9.17, 15) is 14.3 Å². The molecule has 4 rings (SSSR count). The number of halogens is 1. The highest BCUT2D eigenvalue weighted by molar-refractivity contribution is 5.77. The van der Waals surface area contributed by atoms with Gasteiger partial charge in [0.25, 0.3) is 0 Å². The standard InChI is InChI=1S/C30H39FN4O6/c1-4-28-32-11-12-34(28)15-16-40-26-10-5-23(17-27(26)39-3)18-33-13-14-35(29(36)19-38-2)21-30(37,20-33)22-41-25-8-6-24(31)7-9-25/h5-12,17,37H,4,13-16,18-22H2,1-3H3/t30-/m1/s1. The lowest BCUT2D eigenvalue weighted by Gasteiger charge is -2.33.